The van der Waals surface area contributed by atoms with Gasteiger partial charge in [0.15, 0.2) is 11.5 Å². The zero-order valence-corrected chi connectivity index (χ0v) is 23.1. The lowest BCUT2D eigenvalue weighted by atomic mass is 10.1. The molecule has 0 N–H and O–H groups in total. The van der Waals surface area contributed by atoms with Gasteiger partial charge < -0.3 is 14.5 Å². The molecule has 1 fully saturated rings. The van der Waals surface area contributed by atoms with Gasteiger partial charge in [-0.3, -0.25) is 9.59 Å². The highest BCUT2D eigenvalue weighted by Crippen LogP contribution is 2.35. The summed E-state index contributed by atoms with van der Waals surface area (Å²) in [6, 6.07) is 18.2. The van der Waals surface area contributed by atoms with Gasteiger partial charge in [-0.15, -0.1) is 11.3 Å². The number of ketones is 1. The van der Waals surface area contributed by atoms with Crippen LogP contribution in [0.3, 0.4) is 0 Å². The highest BCUT2D eigenvalue weighted by molar-refractivity contribution is 7.13. The van der Waals surface area contributed by atoms with Gasteiger partial charge in [-0.1, -0.05) is 42.5 Å². The number of carbonyl (C=O) groups is 2. The van der Waals surface area contributed by atoms with Gasteiger partial charge in [0, 0.05) is 38.8 Å². The second-order valence-electron chi connectivity index (χ2n) is 9.65. The Morgan fingerprint density at radius 2 is 1.62 bits per heavy atom. The molecule has 0 spiro atoms. The Hall–Kier alpha value is -4.32. The van der Waals surface area contributed by atoms with Crippen molar-refractivity contribution in [3.63, 3.8) is 0 Å². The molecule has 218 valence electrons. The van der Waals surface area contributed by atoms with Crippen LogP contribution in [0.15, 0.2) is 72.9 Å². The average Bonchev–Trinajstić information content (AvgIpc) is 3.44. The number of thiazole rings is 1. The summed E-state index contributed by atoms with van der Waals surface area (Å²) in [4.78, 5) is 36.8. The molecule has 4 aromatic rings. The first kappa shape index (κ1) is 29.2. The van der Waals surface area contributed by atoms with E-state index in [9.17, 15) is 27.2 Å². The number of Topliss-reactive ketones (excluding diaryl/α,β-unsaturated/α-hetero) is 1. The molecule has 1 amide bonds. The lowest BCUT2D eigenvalue weighted by Crippen LogP contribution is -2.49. The molecule has 0 saturated carbocycles. The summed E-state index contributed by atoms with van der Waals surface area (Å²) in [5.41, 5.74) is -0.392. The van der Waals surface area contributed by atoms with Gasteiger partial charge >= 0.3 is 6.18 Å². The summed E-state index contributed by atoms with van der Waals surface area (Å²) < 4.78 is 60.5. The zero-order valence-electron chi connectivity index (χ0n) is 22.3. The third-order valence-corrected chi connectivity index (χ3v) is 7.80. The molecule has 5 rings (SSSR count). The quantitative estimate of drug-likeness (QED) is 0.185. The molecule has 0 radical (unpaired) electrons. The van der Waals surface area contributed by atoms with Gasteiger partial charge in [0.1, 0.15) is 33.9 Å². The zero-order chi connectivity index (χ0) is 29.7. The van der Waals surface area contributed by atoms with Crippen LogP contribution in [0.25, 0.3) is 0 Å². The first-order chi connectivity index (χ1) is 20.2. The molecule has 1 aliphatic heterocycles. The Morgan fingerprint density at radius 3 is 2.29 bits per heavy atom. The van der Waals surface area contributed by atoms with Gasteiger partial charge in [-0.2, -0.15) is 13.2 Å². The standard InChI is InChI=1S/C30H26F4N4O3S/c31-23-9-5-4-6-21(23)17-27(40)38-14-12-37(13-15-38)25-11-10-20(18-35-25)16-24(39)28-29(30(32,33)34)36-26(42-28)19-41-22-7-2-1-3-8-22/h1-11,18H,12-17,19H2. The van der Waals surface area contributed by atoms with E-state index >= 15 is 0 Å². The van der Waals surface area contributed by atoms with Gasteiger partial charge in [0.05, 0.1) is 6.42 Å². The van der Waals surface area contributed by atoms with Crippen molar-refractivity contribution in [1.29, 1.82) is 0 Å². The number of ether oxygens (including phenoxy) is 1. The largest absolute Gasteiger partial charge is 0.486 e. The van der Waals surface area contributed by atoms with E-state index in [1.54, 1.807) is 65.6 Å². The number of benzene rings is 2. The highest BCUT2D eigenvalue weighted by atomic mass is 32.1. The lowest BCUT2D eigenvalue weighted by Gasteiger charge is -2.35. The van der Waals surface area contributed by atoms with E-state index in [1.165, 1.54) is 12.3 Å². The van der Waals surface area contributed by atoms with Crippen molar-refractivity contribution in [3.8, 4) is 5.75 Å². The van der Waals surface area contributed by atoms with Crippen LogP contribution in [-0.4, -0.2) is 52.7 Å². The first-order valence-electron chi connectivity index (χ1n) is 13.2. The molecular weight excluding hydrogens is 572 g/mol. The summed E-state index contributed by atoms with van der Waals surface area (Å²) in [6.45, 7) is 1.72. The number of rotatable bonds is 9. The van der Waals surface area contributed by atoms with E-state index in [0.29, 0.717) is 60.2 Å². The SMILES string of the molecule is O=C(Cc1ccc(N2CCN(C(=O)Cc3ccccc3F)CC2)nc1)c1sc(COc2ccccc2)nc1C(F)(F)F. The molecule has 2 aromatic heterocycles. The number of aromatic nitrogens is 2. The number of anilines is 1. The van der Waals surface area contributed by atoms with E-state index in [-0.39, 0.29) is 30.4 Å². The second-order valence-corrected chi connectivity index (χ2v) is 10.7. The van der Waals surface area contributed by atoms with Crippen molar-refractivity contribution >= 4 is 28.8 Å². The molecule has 0 aliphatic carbocycles. The Balaban J connectivity index is 1.18. The normalized spacial score (nSPS) is 13.7. The molecule has 7 nitrogen and oxygen atoms in total. The number of pyridine rings is 1. The van der Waals surface area contributed by atoms with Crippen LogP contribution in [0.2, 0.25) is 0 Å². The molecular formula is C30H26F4N4O3S. The van der Waals surface area contributed by atoms with Crippen LogP contribution in [0.5, 0.6) is 5.75 Å². The van der Waals surface area contributed by atoms with Crippen LogP contribution < -0.4 is 9.64 Å². The minimum atomic E-state index is -4.78. The van der Waals surface area contributed by atoms with Crippen molar-refractivity contribution in [2.24, 2.45) is 0 Å². The summed E-state index contributed by atoms with van der Waals surface area (Å²) in [5, 5.41) is 0.0505. The molecule has 0 unspecified atom stereocenters. The number of piperazine rings is 1. The van der Waals surface area contributed by atoms with Crippen molar-refractivity contribution < 1.29 is 31.9 Å². The van der Waals surface area contributed by atoms with E-state index < -0.39 is 28.3 Å². The second kappa shape index (κ2) is 12.7. The molecule has 12 heteroatoms. The summed E-state index contributed by atoms with van der Waals surface area (Å²) >= 11 is 0.675. The number of nitrogens with zero attached hydrogens (tertiary/aromatic N) is 4. The van der Waals surface area contributed by atoms with E-state index in [1.807, 2.05) is 4.90 Å². The van der Waals surface area contributed by atoms with Gasteiger partial charge in [-0.05, 0) is 35.4 Å². The van der Waals surface area contributed by atoms with Crippen molar-refractivity contribution in [2.45, 2.75) is 25.6 Å². The minimum absolute atomic E-state index is 0.00892. The fraction of sp³-hybridized carbons (Fsp3) is 0.267. The molecule has 0 bridgehead atoms. The molecule has 2 aromatic carbocycles. The number of amides is 1. The predicted octanol–water partition coefficient (Wildman–Crippen LogP) is 5.59. The number of halogens is 4. The van der Waals surface area contributed by atoms with Gasteiger partial charge in [0.25, 0.3) is 0 Å². The molecule has 1 aliphatic rings. The van der Waals surface area contributed by atoms with E-state index in [2.05, 4.69) is 9.97 Å². The monoisotopic (exact) mass is 598 g/mol. The number of carbonyl (C=O) groups excluding carboxylic acids is 2. The van der Waals surface area contributed by atoms with Crippen molar-refractivity contribution in [2.75, 3.05) is 31.1 Å². The number of hydrogen-bond donors (Lipinski definition) is 0. The van der Waals surface area contributed by atoms with Crippen LogP contribution >= 0.6 is 11.3 Å². The smallest absolute Gasteiger partial charge is 0.434 e. The average molecular weight is 599 g/mol. The number of hydrogen-bond acceptors (Lipinski definition) is 7. The topological polar surface area (TPSA) is 75.6 Å². The number of para-hydroxylation sites is 1. The summed E-state index contributed by atoms with van der Waals surface area (Å²) in [5.74, 6) is -0.160. The van der Waals surface area contributed by atoms with Crippen LogP contribution in [0.4, 0.5) is 23.4 Å². The van der Waals surface area contributed by atoms with Crippen LogP contribution in [0.1, 0.15) is 31.5 Å². The fourth-order valence-corrected chi connectivity index (χ4v) is 5.48. The first-order valence-corrected chi connectivity index (χ1v) is 14.0. The van der Waals surface area contributed by atoms with E-state index in [4.69, 9.17) is 4.74 Å². The maximum absolute atomic E-state index is 13.9. The predicted molar refractivity (Wildman–Crippen MR) is 149 cm³/mol. The maximum Gasteiger partial charge on any atom is 0.434 e. The Kier molecular flexibility index (Phi) is 8.81. The van der Waals surface area contributed by atoms with Crippen molar-refractivity contribution in [1.82, 2.24) is 14.9 Å². The Labute approximate surface area is 243 Å². The Bertz CT molecular complexity index is 1540. The van der Waals surface area contributed by atoms with Gasteiger partial charge in [-0.25, -0.2) is 14.4 Å². The Morgan fingerprint density at radius 1 is 0.905 bits per heavy atom. The van der Waals surface area contributed by atoms with Crippen LogP contribution in [-0.2, 0) is 30.4 Å². The molecule has 0 atom stereocenters. The summed E-state index contributed by atoms with van der Waals surface area (Å²) in [6.07, 6.45) is -3.59. The summed E-state index contributed by atoms with van der Waals surface area (Å²) in [7, 11) is 0. The third-order valence-electron chi connectivity index (χ3n) is 6.73. The highest BCUT2D eigenvalue weighted by Gasteiger charge is 2.39. The molecule has 3 heterocycles. The molecule has 1 saturated heterocycles. The van der Waals surface area contributed by atoms with Crippen LogP contribution in [0, 0.1) is 5.82 Å². The van der Waals surface area contributed by atoms with E-state index in [0.717, 1.165) is 0 Å². The van der Waals surface area contributed by atoms with Gasteiger partial charge in [0.2, 0.25) is 5.91 Å². The number of alkyl halides is 3. The maximum atomic E-state index is 13.9. The third kappa shape index (κ3) is 7.11. The lowest BCUT2D eigenvalue weighted by molar-refractivity contribution is -0.141. The molecule has 42 heavy (non-hydrogen) atoms. The fourth-order valence-electron chi connectivity index (χ4n) is 4.54. The minimum Gasteiger partial charge on any atom is -0.486 e. The van der Waals surface area contributed by atoms with Crippen molar-refractivity contribution in [3.05, 3.63) is 105 Å².